The molecule has 2 N–H and O–H groups in total. The molecule has 0 bridgehead atoms. The van der Waals surface area contributed by atoms with Crippen LogP contribution in [0, 0.1) is 0 Å². The summed E-state index contributed by atoms with van der Waals surface area (Å²) in [4.78, 5) is 10.4. The van der Waals surface area contributed by atoms with Gasteiger partial charge < -0.3 is 10.2 Å². The smallest absolute Gasteiger partial charge is 0.328 e. The minimum Gasteiger partial charge on any atom is -0.478 e. The van der Waals surface area contributed by atoms with Crippen molar-refractivity contribution in [3.8, 4) is 0 Å². The lowest BCUT2D eigenvalue weighted by atomic mass is 10.2. The number of nitrogens with zero attached hydrogens (tertiary/aromatic N) is 1. The van der Waals surface area contributed by atoms with Gasteiger partial charge in [0.2, 0.25) is 10.0 Å². The van der Waals surface area contributed by atoms with Gasteiger partial charge in [-0.2, -0.15) is 4.31 Å². The maximum absolute atomic E-state index is 12.4. The van der Waals surface area contributed by atoms with E-state index < -0.39 is 16.0 Å². The van der Waals surface area contributed by atoms with E-state index in [4.69, 9.17) is 21.8 Å². The number of rotatable bonds is 7. The molecule has 0 aliphatic rings. The van der Waals surface area contributed by atoms with Crippen LogP contribution in [0.5, 0.6) is 0 Å². The minimum absolute atomic E-state index is 0.000992. The Hall–Kier alpha value is -1.41. The van der Waals surface area contributed by atoms with E-state index in [1.807, 2.05) is 0 Å². The van der Waals surface area contributed by atoms with Gasteiger partial charge in [0.25, 0.3) is 0 Å². The first-order valence-electron chi connectivity index (χ1n) is 6.14. The van der Waals surface area contributed by atoms with Gasteiger partial charge in [0, 0.05) is 19.2 Å². The molecule has 0 radical (unpaired) electrons. The first-order chi connectivity index (χ1) is 9.82. The second kappa shape index (κ2) is 7.56. The topological polar surface area (TPSA) is 94.9 Å². The third kappa shape index (κ3) is 4.53. The normalized spacial score (nSPS) is 12.2. The van der Waals surface area contributed by atoms with Crippen LogP contribution in [0.15, 0.2) is 29.2 Å². The van der Waals surface area contributed by atoms with Crippen molar-refractivity contribution in [1.29, 1.82) is 0 Å². The fraction of sp³-hybridized carbons (Fsp3) is 0.308. The number of likely N-dealkylation sites (N-methyl/N-ethyl adjacent to an activating group) is 1. The van der Waals surface area contributed by atoms with Crippen LogP contribution in [-0.2, 0) is 14.8 Å². The molecule has 0 aliphatic heterocycles. The monoisotopic (exact) mass is 333 g/mol. The Kier molecular flexibility index (Phi) is 6.35. The van der Waals surface area contributed by atoms with Crippen molar-refractivity contribution in [2.24, 2.45) is 0 Å². The third-order valence-electron chi connectivity index (χ3n) is 2.69. The van der Waals surface area contributed by atoms with Gasteiger partial charge >= 0.3 is 5.97 Å². The van der Waals surface area contributed by atoms with E-state index in [9.17, 15) is 13.2 Å². The number of hydrogen-bond donors (Lipinski definition) is 2. The summed E-state index contributed by atoms with van der Waals surface area (Å²) < 4.78 is 25.9. The second-order valence-electron chi connectivity index (χ2n) is 4.08. The second-order valence-corrected chi connectivity index (χ2v) is 6.40. The quantitative estimate of drug-likeness (QED) is 0.736. The molecule has 0 saturated heterocycles. The zero-order valence-corrected chi connectivity index (χ0v) is 12.9. The first kappa shape index (κ1) is 17.6. The molecule has 0 aliphatic carbocycles. The maximum Gasteiger partial charge on any atom is 0.328 e. The van der Waals surface area contributed by atoms with Crippen molar-refractivity contribution in [2.75, 3.05) is 19.7 Å². The number of aliphatic hydroxyl groups is 1. The molecular weight excluding hydrogens is 318 g/mol. The first-order valence-corrected chi connectivity index (χ1v) is 7.96. The van der Waals surface area contributed by atoms with E-state index in [-0.39, 0.29) is 29.6 Å². The van der Waals surface area contributed by atoms with Crippen LogP contribution in [0.4, 0.5) is 0 Å². The Morgan fingerprint density at radius 2 is 2.10 bits per heavy atom. The summed E-state index contributed by atoms with van der Waals surface area (Å²) in [6.45, 7) is 1.56. The molecule has 0 spiro atoms. The summed E-state index contributed by atoms with van der Waals surface area (Å²) in [5.41, 5.74) is 0.478. The molecule has 116 valence electrons. The zero-order valence-electron chi connectivity index (χ0n) is 11.4. The zero-order chi connectivity index (χ0) is 16.0. The van der Waals surface area contributed by atoms with E-state index in [2.05, 4.69) is 0 Å². The van der Waals surface area contributed by atoms with Crippen LogP contribution in [-0.4, -0.2) is 48.6 Å². The van der Waals surface area contributed by atoms with Crippen molar-refractivity contribution < 1.29 is 23.4 Å². The Balaban J connectivity index is 3.17. The number of aliphatic hydroxyl groups excluding tert-OH is 1. The lowest BCUT2D eigenvalue weighted by Crippen LogP contribution is -2.33. The van der Waals surface area contributed by atoms with Crippen LogP contribution in [0.1, 0.15) is 12.5 Å². The van der Waals surface area contributed by atoms with Crippen LogP contribution < -0.4 is 0 Å². The van der Waals surface area contributed by atoms with Gasteiger partial charge in [-0.25, -0.2) is 13.2 Å². The van der Waals surface area contributed by atoms with E-state index in [1.165, 1.54) is 24.3 Å². The fourth-order valence-electron chi connectivity index (χ4n) is 1.70. The molecular formula is C13H16ClNO5S. The van der Waals surface area contributed by atoms with Gasteiger partial charge in [-0.1, -0.05) is 24.6 Å². The van der Waals surface area contributed by atoms with Crippen LogP contribution in [0.3, 0.4) is 0 Å². The molecule has 21 heavy (non-hydrogen) atoms. The molecule has 0 unspecified atom stereocenters. The predicted molar refractivity (Wildman–Crippen MR) is 79.6 cm³/mol. The predicted octanol–water partition coefficient (Wildman–Crippen LogP) is 1.44. The number of sulfonamides is 1. The molecule has 1 rings (SSSR count). The summed E-state index contributed by atoms with van der Waals surface area (Å²) in [5.74, 6) is -1.11. The highest BCUT2D eigenvalue weighted by Gasteiger charge is 2.25. The number of benzene rings is 1. The molecule has 1 aromatic carbocycles. The number of halogens is 1. The van der Waals surface area contributed by atoms with Crippen molar-refractivity contribution in [3.05, 3.63) is 34.9 Å². The standard InChI is InChI=1S/C13H16ClNO5S/c1-2-15(7-8-16)21(19,20)12-5-3-10(9-11(12)14)4-6-13(17)18/h3-6,9,16H,2,7-8H2,1H3,(H,17,18). The average molecular weight is 334 g/mol. The Labute approximate surface area is 128 Å². The van der Waals surface area contributed by atoms with Crippen LogP contribution in [0.25, 0.3) is 6.08 Å². The number of aliphatic carboxylic acids is 1. The molecule has 8 heteroatoms. The maximum atomic E-state index is 12.4. The SMILES string of the molecule is CCN(CCO)S(=O)(=O)c1ccc(C=CC(=O)O)cc1Cl. The van der Waals surface area contributed by atoms with Crippen LogP contribution in [0.2, 0.25) is 5.02 Å². The van der Waals surface area contributed by atoms with Crippen molar-refractivity contribution in [2.45, 2.75) is 11.8 Å². The van der Waals surface area contributed by atoms with Gasteiger partial charge in [-0.05, 0) is 23.8 Å². The average Bonchev–Trinajstić information content (AvgIpc) is 2.42. The summed E-state index contributed by atoms with van der Waals surface area (Å²) in [6, 6.07) is 4.16. The highest BCUT2D eigenvalue weighted by Crippen LogP contribution is 2.26. The van der Waals surface area contributed by atoms with Gasteiger partial charge in [-0.3, -0.25) is 0 Å². The van der Waals surface area contributed by atoms with Crippen LogP contribution >= 0.6 is 11.6 Å². The molecule has 0 fully saturated rings. The molecule has 0 atom stereocenters. The Morgan fingerprint density at radius 3 is 2.57 bits per heavy atom. The van der Waals surface area contributed by atoms with Crippen molar-refractivity contribution in [1.82, 2.24) is 4.31 Å². The third-order valence-corrected chi connectivity index (χ3v) is 5.15. The highest BCUT2D eigenvalue weighted by molar-refractivity contribution is 7.89. The number of carboxylic acids is 1. The van der Waals surface area contributed by atoms with Gasteiger partial charge in [0.05, 0.1) is 11.6 Å². The van der Waals surface area contributed by atoms with E-state index >= 15 is 0 Å². The molecule has 6 nitrogen and oxygen atoms in total. The van der Waals surface area contributed by atoms with Gasteiger partial charge in [-0.15, -0.1) is 0 Å². The van der Waals surface area contributed by atoms with Crippen molar-refractivity contribution in [3.63, 3.8) is 0 Å². The lowest BCUT2D eigenvalue weighted by Gasteiger charge is -2.20. The molecule has 0 saturated carbocycles. The number of hydrogen-bond acceptors (Lipinski definition) is 4. The molecule has 0 amide bonds. The number of carbonyl (C=O) groups is 1. The molecule has 1 aromatic rings. The summed E-state index contributed by atoms with van der Waals surface area (Å²) >= 11 is 5.98. The largest absolute Gasteiger partial charge is 0.478 e. The van der Waals surface area contributed by atoms with Crippen molar-refractivity contribution >= 4 is 33.7 Å². The highest BCUT2D eigenvalue weighted by atomic mass is 35.5. The fourth-order valence-corrected chi connectivity index (χ4v) is 3.66. The van der Waals surface area contributed by atoms with E-state index in [1.54, 1.807) is 6.92 Å². The Bertz CT molecular complexity index is 642. The minimum atomic E-state index is -3.79. The Morgan fingerprint density at radius 1 is 1.43 bits per heavy atom. The lowest BCUT2D eigenvalue weighted by molar-refractivity contribution is -0.131. The van der Waals surface area contributed by atoms with E-state index in [0.717, 1.165) is 10.4 Å². The molecule has 0 heterocycles. The summed E-state index contributed by atoms with van der Waals surface area (Å²) in [6.07, 6.45) is 2.25. The van der Waals surface area contributed by atoms with E-state index in [0.29, 0.717) is 5.56 Å². The summed E-state index contributed by atoms with van der Waals surface area (Å²) in [7, 11) is -3.79. The number of carboxylic acid groups (broad SMARTS) is 1. The van der Waals surface area contributed by atoms with Gasteiger partial charge in [0.1, 0.15) is 4.90 Å². The summed E-state index contributed by atoms with van der Waals surface area (Å²) in [5, 5.41) is 17.5. The molecule has 0 aromatic heterocycles. The van der Waals surface area contributed by atoms with Gasteiger partial charge in [0.15, 0.2) is 0 Å².